The summed E-state index contributed by atoms with van der Waals surface area (Å²) in [7, 11) is 2.25. The van der Waals surface area contributed by atoms with Gasteiger partial charge in [-0.25, -0.2) is 0 Å². The first-order valence-corrected chi connectivity index (χ1v) is 14.2. The smallest absolute Gasteiger partial charge is 0.270 e. The molecule has 2 saturated heterocycles. The molecular weight excluding hydrogens is 474 g/mol. The zero-order valence-corrected chi connectivity index (χ0v) is 22.2. The number of aromatic nitrogens is 1. The minimum atomic E-state index is -0.182. The average Bonchev–Trinajstić information content (AvgIpc) is 3.47. The molecule has 0 radical (unpaired) electrons. The van der Waals surface area contributed by atoms with Gasteiger partial charge in [0.1, 0.15) is 11.8 Å². The minimum absolute atomic E-state index is 0.114. The molecule has 8 rings (SSSR count). The molecule has 4 heterocycles. The number of carbonyl (C=O) groups is 1. The second-order valence-electron chi connectivity index (χ2n) is 12.3. The van der Waals surface area contributed by atoms with E-state index in [1.807, 2.05) is 4.90 Å². The first-order chi connectivity index (χ1) is 18.5. The number of ether oxygens (including phenoxy) is 1. The van der Waals surface area contributed by atoms with E-state index in [2.05, 4.69) is 60.3 Å². The lowest BCUT2D eigenvalue weighted by Crippen LogP contribution is -2.62. The van der Waals surface area contributed by atoms with Crippen LogP contribution in [-0.4, -0.2) is 58.5 Å². The quantitative estimate of drug-likeness (QED) is 0.518. The van der Waals surface area contributed by atoms with E-state index in [9.17, 15) is 9.90 Å². The number of aromatic hydroxyl groups is 1. The fourth-order valence-electron chi connectivity index (χ4n) is 8.80. The van der Waals surface area contributed by atoms with E-state index in [0.717, 1.165) is 68.7 Å². The Hall–Kier alpha value is -3.25. The molecule has 2 N–H and O–H groups in total. The standard InChI is InChI=1S/C32H35N3O3/c1-18-22-17-23-24-16-21-8-9-25(36)29-26(21)32(23,12-15-34(24)2)30(38-29)28(22)33-27(18)31(37)35-13-10-20(11-14-35)19-6-4-3-5-7-19/h3-9,20,23-24,30,33,36H,10-17H2,1-2H3/t23-,24+,30-,32?/m0/s1. The van der Waals surface area contributed by atoms with Crippen LogP contribution in [0.2, 0.25) is 0 Å². The third kappa shape index (κ3) is 2.84. The van der Waals surface area contributed by atoms with Gasteiger partial charge < -0.3 is 24.6 Å². The van der Waals surface area contributed by atoms with Gasteiger partial charge in [-0.15, -0.1) is 0 Å². The second-order valence-corrected chi connectivity index (χ2v) is 12.3. The molecule has 2 fully saturated rings. The highest BCUT2D eigenvalue weighted by molar-refractivity contribution is 5.94. The van der Waals surface area contributed by atoms with Gasteiger partial charge in [0, 0.05) is 30.1 Å². The number of aromatic amines is 1. The first-order valence-electron chi connectivity index (χ1n) is 14.2. The number of phenolic OH excluding ortho intramolecular Hbond substituents is 1. The van der Waals surface area contributed by atoms with Crippen molar-refractivity contribution in [1.82, 2.24) is 14.8 Å². The van der Waals surface area contributed by atoms with E-state index in [4.69, 9.17) is 4.74 Å². The van der Waals surface area contributed by atoms with Crippen LogP contribution >= 0.6 is 0 Å². The Morgan fingerprint density at radius 2 is 1.87 bits per heavy atom. The van der Waals surface area contributed by atoms with Crippen molar-refractivity contribution in [1.29, 1.82) is 0 Å². The molecule has 1 aromatic heterocycles. The van der Waals surface area contributed by atoms with Gasteiger partial charge in [-0.2, -0.15) is 0 Å². The molecule has 4 atom stereocenters. The van der Waals surface area contributed by atoms with Crippen molar-refractivity contribution in [3.8, 4) is 11.5 Å². The SMILES string of the molecule is Cc1c(C(=O)N2CCC(c3ccccc3)CC2)[nH]c2c1C[C@H]1[C@H]3Cc4ccc(O)c5c4C1(CCN3C)[C@H]2O5. The van der Waals surface area contributed by atoms with Crippen LogP contribution in [0.1, 0.15) is 75.3 Å². The number of nitrogens with one attached hydrogen (secondary N) is 1. The van der Waals surface area contributed by atoms with Gasteiger partial charge in [-0.1, -0.05) is 36.4 Å². The predicted octanol–water partition coefficient (Wildman–Crippen LogP) is 4.85. The number of piperidine rings is 2. The molecule has 2 aliphatic carbocycles. The van der Waals surface area contributed by atoms with Crippen LogP contribution in [0.4, 0.5) is 0 Å². The van der Waals surface area contributed by atoms with Crippen molar-refractivity contribution < 1.29 is 14.6 Å². The summed E-state index contributed by atoms with van der Waals surface area (Å²) in [6, 6.07) is 15.0. The van der Waals surface area contributed by atoms with Crippen LogP contribution in [-0.2, 0) is 18.3 Å². The predicted molar refractivity (Wildman–Crippen MR) is 145 cm³/mol. The zero-order chi connectivity index (χ0) is 25.8. The second kappa shape index (κ2) is 7.89. The van der Waals surface area contributed by atoms with E-state index < -0.39 is 0 Å². The monoisotopic (exact) mass is 509 g/mol. The lowest BCUT2D eigenvalue weighted by atomic mass is 9.51. The van der Waals surface area contributed by atoms with Crippen molar-refractivity contribution in [3.63, 3.8) is 0 Å². The number of likely N-dealkylation sites (N-methyl/N-ethyl adjacent to an activating group) is 1. The number of fused-ring (bicyclic) bond motifs is 2. The number of rotatable bonds is 2. The van der Waals surface area contributed by atoms with Crippen molar-refractivity contribution in [2.24, 2.45) is 5.92 Å². The third-order valence-corrected chi connectivity index (χ3v) is 10.8. The maximum atomic E-state index is 13.9. The molecule has 196 valence electrons. The highest BCUT2D eigenvalue weighted by Gasteiger charge is 2.65. The highest BCUT2D eigenvalue weighted by atomic mass is 16.5. The topological polar surface area (TPSA) is 68.8 Å². The molecule has 1 spiro atoms. The van der Waals surface area contributed by atoms with Crippen LogP contribution in [0.25, 0.3) is 0 Å². The van der Waals surface area contributed by atoms with Crippen LogP contribution < -0.4 is 4.74 Å². The molecule has 5 aliphatic rings. The van der Waals surface area contributed by atoms with Crippen molar-refractivity contribution >= 4 is 5.91 Å². The summed E-state index contributed by atoms with van der Waals surface area (Å²) >= 11 is 0. The largest absolute Gasteiger partial charge is 0.504 e. The van der Waals surface area contributed by atoms with Crippen molar-refractivity contribution in [2.75, 3.05) is 26.7 Å². The average molecular weight is 510 g/mol. The number of hydrogen-bond donors (Lipinski definition) is 2. The summed E-state index contributed by atoms with van der Waals surface area (Å²) < 4.78 is 6.70. The van der Waals surface area contributed by atoms with Crippen LogP contribution in [0.15, 0.2) is 42.5 Å². The molecule has 3 aromatic rings. The number of amides is 1. The lowest BCUT2D eigenvalue weighted by molar-refractivity contribution is -0.0256. The van der Waals surface area contributed by atoms with Gasteiger partial charge in [0.2, 0.25) is 0 Å². The van der Waals surface area contributed by atoms with Gasteiger partial charge in [0.25, 0.3) is 5.91 Å². The Labute approximate surface area is 223 Å². The van der Waals surface area contributed by atoms with Gasteiger partial charge in [-0.3, -0.25) is 4.79 Å². The van der Waals surface area contributed by atoms with Crippen LogP contribution in [0, 0.1) is 12.8 Å². The normalized spacial score (nSPS) is 29.5. The van der Waals surface area contributed by atoms with Crippen molar-refractivity contribution in [2.45, 2.75) is 62.5 Å². The Morgan fingerprint density at radius 1 is 1.08 bits per heavy atom. The number of likely N-dealkylation sites (tertiary alicyclic amines) is 2. The summed E-state index contributed by atoms with van der Waals surface area (Å²) in [5.74, 6) is 1.96. The van der Waals surface area contributed by atoms with E-state index in [1.54, 1.807) is 6.07 Å². The van der Waals surface area contributed by atoms with E-state index in [1.165, 1.54) is 22.3 Å². The Kier molecular flexibility index (Phi) is 4.71. The maximum Gasteiger partial charge on any atom is 0.270 e. The number of carbonyl (C=O) groups excluding carboxylic acids is 1. The highest BCUT2D eigenvalue weighted by Crippen LogP contribution is 2.67. The molecule has 3 aliphatic heterocycles. The fourth-order valence-corrected chi connectivity index (χ4v) is 8.80. The van der Waals surface area contributed by atoms with E-state index >= 15 is 0 Å². The molecule has 1 unspecified atom stereocenters. The molecule has 6 heteroatoms. The summed E-state index contributed by atoms with van der Waals surface area (Å²) in [6.45, 7) is 4.70. The zero-order valence-electron chi connectivity index (χ0n) is 22.2. The Balaban J connectivity index is 1.15. The Bertz CT molecular complexity index is 1450. The fraction of sp³-hybridized carbons (Fsp3) is 0.469. The summed E-state index contributed by atoms with van der Waals surface area (Å²) in [5, 5.41) is 10.8. The van der Waals surface area contributed by atoms with E-state index in [0.29, 0.717) is 23.6 Å². The van der Waals surface area contributed by atoms with Crippen molar-refractivity contribution in [3.05, 3.63) is 81.7 Å². The summed E-state index contributed by atoms with van der Waals surface area (Å²) in [5.41, 5.74) is 7.93. The lowest BCUT2D eigenvalue weighted by Gasteiger charge is -2.57. The maximum absolute atomic E-state index is 13.9. The van der Waals surface area contributed by atoms with Gasteiger partial charge in [-0.05, 0) is 92.8 Å². The van der Waals surface area contributed by atoms with Gasteiger partial charge in [0.05, 0.1) is 5.69 Å². The summed E-state index contributed by atoms with van der Waals surface area (Å²) in [6.07, 6.45) is 4.76. The molecular formula is C32H35N3O3. The molecule has 2 bridgehead atoms. The van der Waals surface area contributed by atoms with Gasteiger partial charge in [0.15, 0.2) is 11.5 Å². The molecule has 2 aromatic carbocycles. The molecule has 38 heavy (non-hydrogen) atoms. The van der Waals surface area contributed by atoms with Crippen LogP contribution in [0.3, 0.4) is 0 Å². The number of benzene rings is 2. The Morgan fingerprint density at radius 3 is 2.66 bits per heavy atom. The molecule has 1 amide bonds. The number of nitrogens with zero attached hydrogens (tertiary/aromatic N) is 2. The number of phenols is 1. The summed E-state index contributed by atoms with van der Waals surface area (Å²) in [4.78, 5) is 22.1. The molecule has 0 saturated carbocycles. The third-order valence-electron chi connectivity index (χ3n) is 10.8. The number of hydrogen-bond acceptors (Lipinski definition) is 4. The first kappa shape index (κ1) is 22.7. The minimum Gasteiger partial charge on any atom is -0.504 e. The van der Waals surface area contributed by atoms with E-state index in [-0.39, 0.29) is 23.2 Å². The van der Waals surface area contributed by atoms with Crippen LogP contribution in [0.5, 0.6) is 11.5 Å². The number of H-pyrrole nitrogens is 1. The van der Waals surface area contributed by atoms with Gasteiger partial charge >= 0.3 is 0 Å². The molecule has 6 nitrogen and oxygen atoms in total.